The van der Waals surface area contributed by atoms with Crippen molar-refractivity contribution in [3.63, 3.8) is 0 Å². The summed E-state index contributed by atoms with van der Waals surface area (Å²) in [6.45, 7) is 0. The van der Waals surface area contributed by atoms with E-state index in [9.17, 15) is 25.6 Å². The van der Waals surface area contributed by atoms with Gasteiger partial charge < -0.3 is 17.1 Å². The van der Waals surface area contributed by atoms with Crippen LogP contribution in [0.3, 0.4) is 0 Å². The molecule has 0 saturated carbocycles. The molecule has 0 aromatic heterocycles. The molecule has 20 heavy (non-hydrogen) atoms. The predicted octanol–water partition coefficient (Wildman–Crippen LogP) is -0.777. The minimum absolute atomic E-state index is 0.473. The molecule has 0 aliphatic heterocycles. The summed E-state index contributed by atoms with van der Waals surface area (Å²) < 4.78 is 91.7. The van der Waals surface area contributed by atoms with Gasteiger partial charge in [-0.15, -0.1) is 0 Å². The summed E-state index contributed by atoms with van der Waals surface area (Å²) in [5.74, 6) is -2.25. The zero-order valence-electron chi connectivity index (χ0n) is 9.03. The van der Waals surface area contributed by atoms with Crippen LogP contribution in [-0.4, -0.2) is 34.7 Å². The van der Waals surface area contributed by atoms with Crippen molar-refractivity contribution in [1.29, 1.82) is 0 Å². The lowest BCUT2D eigenvalue weighted by Crippen LogP contribution is -2.11. The molecule has 114 valence electrons. The lowest BCUT2D eigenvalue weighted by molar-refractivity contribution is 0.360. The van der Waals surface area contributed by atoms with E-state index in [0.29, 0.717) is 6.07 Å². The van der Waals surface area contributed by atoms with Gasteiger partial charge in [0.05, 0.1) is 0 Å². The molecule has 11 nitrogen and oxygen atoms in total. The first-order valence-corrected chi connectivity index (χ1v) is 7.95. The average molecular weight is 349 g/mol. The summed E-state index contributed by atoms with van der Waals surface area (Å²) in [4.78, 5) is 0. The fraction of sp³-hybridized carbons (Fsp3) is 0. The Bertz CT molecular complexity index is 719. The quantitative estimate of drug-likeness (QED) is 0.486. The summed E-state index contributed by atoms with van der Waals surface area (Å²) >= 11 is -3.00. The van der Waals surface area contributed by atoms with Crippen molar-refractivity contribution in [2.45, 2.75) is 0 Å². The highest BCUT2D eigenvalue weighted by Gasteiger charge is 2.18. The second-order valence-corrected chi connectivity index (χ2v) is 5.54. The summed E-state index contributed by atoms with van der Waals surface area (Å²) in [5.41, 5.74) is 0. The molecule has 0 aliphatic carbocycles. The van der Waals surface area contributed by atoms with Crippen LogP contribution in [0.2, 0.25) is 0 Å². The van der Waals surface area contributed by atoms with E-state index in [1.54, 1.807) is 0 Å². The third-order valence-electron chi connectivity index (χ3n) is 1.47. The van der Waals surface area contributed by atoms with Crippen molar-refractivity contribution in [2.75, 3.05) is 0 Å². The van der Waals surface area contributed by atoms with Crippen LogP contribution in [0.15, 0.2) is 18.2 Å². The van der Waals surface area contributed by atoms with E-state index < -0.39 is 49.4 Å². The normalized spacial score (nSPS) is 13.6. The highest BCUT2D eigenvalue weighted by molar-refractivity contribution is 7.81. The van der Waals surface area contributed by atoms with Crippen LogP contribution in [0, 0.1) is 0 Å². The van der Waals surface area contributed by atoms with E-state index in [0.717, 1.165) is 12.1 Å². The highest BCUT2D eigenvalue weighted by atomic mass is 32.3. The minimum Gasteiger partial charge on any atom is -0.740 e. The maximum Gasteiger partial charge on any atom is 0.446 e. The van der Waals surface area contributed by atoms with Gasteiger partial charge in [-0.05, 0) is 12.1 Å². The molecule has 0 heterocycles. The summed E-state index contributed by atoms with van der Waals surface area (Å²) in [6, 6.07) is 2.17. The molecule has 14 heteroatoms. The monoisotopic (exact) mass is 349 g/mol. The Morgan fingerprint density at radius 1 is 1.00 bits per heavy atom. The molecule has 0 spiro atoms. The molecule has 2 N–H and O–H groups in total. The molecule has 1 aromatic carbocycles. The summed E-state index contributed by atoms with van der Waals surface area (Å²) in [6.07, 6.45) is 0. The van der Waals surface area contributed by atoms with Crippen LogP contribution in [0.25, 0.3) is 0 Å². The molecule has 0 saturated heterocycles. The second-order valence-electron chi connectivity index (χ2n) is 2.92. The van der Waals surface area contributed by atoms with Gasteiger partial charge in [0.1, 0.15) is 17.1 Å². The molecule has 0 aliphatic rings. The fourth-order valence-corrected chi connectivity index (χ4v) is 1.96. The Morgan fingerprint density at radius 2 is 1.50 bits per heavy atom. The van der Waals surface area contributed by atoms with Crippen molar-refractivity contribution in [3.8, 4) is 17.2 Å². The number of rotatable bonds is 6. The van der Waals surface area contributed by atoms with Crippen molar-refractivity contribution >= 4 is 32.2 Å². The van der Waals surface area contributed by atoms with Crippen LogP contribution in [0.1, 0.15) is 0 Å². The lowest BCUT2D eigenvalue weighted by atomic mass is 10.3. The SMILES string of the molecule is O=S([O-])Oc1ccc(OS(=O)(=O)O)c(OS(=O)(=O)O)c1. The maximum atomic E-state index is 10.6. The Balaban J connectivity index is 3.26. The Morgan fingerprint density at radius 3 is 1.95 bits per heavy atom. The Hall–Kier alpha value is -1.45. The topological polar surface area (TPSA) is 177 Å². The molecule has 1 atom stereocenters. The lowest BCUT2D eigenvalue weighted by Gasteiger charge is -2.11. The smallest absolute Gasteiger partial charge is 0.446 e. The predicted molar refractivity (Wildman–Crippen MR) is 60.3 cm³/mol. The maximum absolute atomic E-state index is 10.6. The first-order chi connectivity index (χ1) is 8.96. The van der Waals surface area contributed by atoms with Crippen molar-refractivity contribution in [3.05, 3.63) is 18.2 Å². The van der Waals surface area contributed by atoms with E-state index in [4.69, 9.17) is 9.11 Å². The molecular weight excluding hydrogens is 344 g/mol. The third-order valence-corrected chi connectivity index (χ3v) is 2.58. The molecule has 0 amide bonds. The third kappa shape index (κ3) is 6.13. The van der Waals surface area contributed by atoms with Gasteiger partial charge in [-0.3, -0.25) is 9.11 Å². The summed E-state index contributed by atoms with van der Waals surface area (Å²) in [5, 5.41) is 0. The molecule has 1 unspecified atom stereocenters. The van der Waals surface area contributed by atoms with Crippen molar-refractivity contribution in [1.82, 2.24) is 0 Å². The van der Waals surface area contributed by atoms with Gasteiger partial charge in [0.25, 0.3) is 0 Å². The fourth-order valence-electron chi connectivity index (χ4n) is 0.980. The molecule has 0 fully saturated rings. The van der Waals surface area contributed by atoms with Gasteiger partial charge in [0.15, 0.2) is 11.5 Å². The van der Waals surface area contributed by atoms with Gasteiger partial charge in [-0.2, -0.15) is 16.8 Å². The first-order valence-electron chi connectivity index (χ1n) is 4.22. The Labute approximate surface area is 115 Å². The highest BCUT2D eigenvalue weighted by Crippen LogP contribution is 2.33. The van der Waals surface area contributed by atoms with Gasteiger partial charge in [-0.1, -0.05) is 0 Å². The van der Waals surface area contributed by atoms with Gasteiger partial charge >= 0.3 is 20.8 Å². The standard InChI is InChI=1S/C6H6O11S3/c7-18(8)15-4-1-2-5(16-19(9,10)11)6(3-4)17-20(12,13)14/h1-3H,(H,7,8)(H,9,10,11)(H,12,13,14)/p-1. The van der Waals surface area contributed by atoms with Crippen molar-refractivity contribution in [2.24, 2.45) is 0 Å². The van der Waals surface area contributed by atoms with Crippen LogP contribution >= 0.6 is 0 Å². The van der Waals surface area contributed by atoms with E-state index in [1.165, 1.54) is 0 Å². The van der Waals surface area contributed by atoms with E-state index >= 15 is 0 Å². The van der Waals surface area contributed by atoms with Gasteiger partial charge in [0.2, 0.25) is 0 Å². The second kappa shape index (κ2) is 5.90. The van der Waals surface area contributed by atoms with E-state index in [-0.39, 0.29) is 0 Å². The number of hydrogen-bond acceptors (Lipinski definition) is 9. The minimum atomic E-state index is -5.07. The van der Waals surface area contributed by atoms with E-state index in [1.807, 2.05) is 0 Å². The zero-order chi connectivity index (χ0) is 15.6. The first kappa shape index (κ1) is 16.6. The summed E-state index contributed by atoms with van der Waals surface area (Å²) in [7, 11) is -10.1. The molecule has 1 aromatic rings. The van der Waals surface area contributed by atoms with Gasteiger partial charge in [-0.25, -0.2) is 4.21 Å². The molecule has 1 rings (SSSR count). The number of hydrogen-bond donors (Lipinski definition) is 2. The van der Waals surface area contributed by atoms with Crippen LogP contribution < -0.4 is 12.5 Å². The Kier molecular flexibility index (Phi) is 4.90. The van der Waals surface area contributed by atoms with Gasteiger partial charge in [0, 0.05) is 6.07 Å². The number of benzene rings is 1. The molecule has 0 bridgehead atoms. The largest absolute Gasteiger partial charge is 0.740 e. The van der Waals surface area contributed by atoms with Crippen molar-refractivity contribution < 1.29 is 47.3 Å². The molecule has 0 radical (unpaired) electrons. The van der Waals surface area contributed by atoms with Crippen LogP contribution in [0.4, 0.5) is 0 Å². The zero-order valence-corrected chi connectivity index (χ0v) is 11.5. The van der Waals surface area contributed by atoms with Crippen LogP contribution in [-0.2, 0) is 32.2 Å². The van der Waals surface area contributed by atoms with Crippen LogP contribution in [0.5, 0.6) is 17.2 Å². The van der Waals surface area contributed by atoms with E-state index in [2.05, 4.69) is 12.5 Å². The molecular formula is C6H5O11S3-. The average Bonchev–Trinajstić information content (AvgIpc) is 2.16.